The lowest BCUT2D eigenvalue weighted by Crippen LogP contribution is -2.33. The Morgan fingerprint density at radius 3 is 2.46 bits per heavy atom. The molecule has 35 heavy (non-hydrogen) atoms. The summed E-state index contributed by atoms with van der Waals surface area (Å²) >= 11 is 0. The first-order valence-corrected chi connectivity index (χ1v) is 11.8. The van der Waals surface area contributed by atoms with Gasteiger partial charge in [-0.2, -0.15) is 0 Å². The molecule has 15 heteroatoms. The summed E-state index contributed by atoms with van der Waals surface area (Å²) in [6.07, 6.45) is 5.39. The van der Waals surface area contributed by atoms with Crippen LogP contribution in [0.1, 0.15) is 18.2 Å². The van der Waals surface area contributed by atoms with Crippen LogP contribution in [-0.4, -0.2) is 38.3 Å². The van der Waals surface area contributed by atoms with Crippen LogP contribution in [0, 0.1) is 6.92 Å². The Morgan fingerprint density at radius 1 is 1.23 bits per heavy atom. The van der Waals surface area contributed by atoms with E-state index in [1.165, 1.54) is 54.6 Å². The number of aromatic amines is 1. The number of nitrogens with one attached hydrogen (secondary N) is 1. The molecule has 3 atom stereocenters. The number of hydrogen-bond donors (Lipinski definition) is 1. The SMILES string of the molecule is Cc1cn([C@H]2C[C@H](N=[N+]=[N-])[C@@H](COP(=O)(Oc3cccnc3)Oc3cccnc3)O2)c(=O)[nH]c1=O. The van der Waals surface area contributed by atoms with E-state index in [1.54, 1.807) is 12.1 Å². The number of pyridine rings is 2. The minimum absolute atomic E-state index is 0.112. The predicted molar refractivity (Wildman–Crippen MR) is 121 cm³/mol. The van der Waals surface area contributed by atoms with Gasteiger partial charge in [-0.15, -0.1) is 0 Å². The van der Waals surface area contributed by atoms with Gasteiger partial charge in [-0.3, -0.25) is 28.8 Å². The maximum atomic E-state index is 13.5. The first-order chi connectivity index (χ1) is 16.9. The molecular weight excluding hydrogens is 481 g/mol. The highest BCUT2D eigenvalue weighted by molar-refractivity contribution is 7.49. The molecule has 0 bridgehead atoms. The van der Waals surface area contributed by atoms with Crippen LogP contribution in [0.5, 0.6) is 11.5 Å². The van der Waals surface area contributed by atoms with Gasteiger partial charge in [-0.1, -0.05) is 5.11 Å². The number of phosphoric ester groups is 1. The van der Waals surface area contributed by atoms with Crippen LogP contribution < -0.4 is 20.3 Å². The first kappa shape index (κ1) is 24.2. The summed E-state index contributed by atoms with van der Waals surface area (Å²) in [5, 5.41) is 3.72. The van der Waals surface area contributed by atoms with Crippen molar-refractivity contribution in [3.63, 3.8) is 0 Å². The predicted octanol–water partition coefficient (Wildman–Crippen LogP) is 2.88. The van der Waals surface area contributed by atoms with Gasteiger partial charge in [0.15, 0.2) is 11.5 Å². The highest BCUT2D eigenvalue weighted by atomic mass is 31.2. The highest BCUT2D eigenvalue weighted by Gasteiger charge is 2.40. The van der Waals surface area contributed by atoms with Gasteiger partial charge in [-0.25, -0.2) is 9.36 Å². The molecule has 0 amide bonds. The molecule has 0 saturated carbocycles. The Kier molecular flexibility index (Phi) is 7.28. The number of nitrogens with zero attached hydrogens (tertiary/aromatic N) is 6. The number of ether oxygens (including phenoxy) is 1. The van der Waals surface area contributed by atoms with Crippen LogP contribution >= 0.6 is 7.82 Å². The zero-order valence-corrected chi connectivity index (χ0v) is 19.2. The van der Waals surface area contributed by atoms with Gasteiger partial charge in [-0.05, 0) is 36.7 Å². The maximum absolute atomic E-state index is 13.5. The summed E-state index contributed by atoms with van der Waals surface area (Å²) in [6.45, 7) is 1.17. The Bertz CT molecular complexity index is 1330. The van der Waals surface area contributed by atoms with E-state index in [2.05, 4.69) is 25.0 Å². The fourth-order valence-electron chi connectivity index (χ4n) is 3.32. The van der Waals surface area contributed by atoms with E-state index in [4.69, 9.17) is 23.8 Å². The molecule has 14 nitrogen and oxygen atoms in total. The quantitative estimate of drug-likeness (QED) is 0.199. The molecule has 4 rings (SSSR count). The third-order valence-electron chi connectivity index (χ3n) is 4.96. The Hall–Kier alpha value is -3.96. The van der Waals surface area contributed by atoms with Gasteiger partial charge in [0.2, 0.25) is 0 Å². The highest BCUT2D eigenvalue weighted by Crippen LogP contribution is 2.50. The molecule has 1 aliphatic rings. The van der Waals surface area contributed by atoms with Crippen LogP contribution in [-0.2, 0) is 13.8 Å². The maximum Gasteiger partial charge on any atom is 0.587 e. The molecule has 3 aromatic heterocycles. The Morgan fingerprint density at radius 2 is 1.89 bits per heavy atom. The van der Waals surface area contributed by atoms with Crippen molar-refractivity contribution in [2.24, 2.45) is 5.11 Å². The van der Waals surface area contributed by atoms with E-state index in [9.17, 15) is 14.2 Å². The molecule has 1 N–H and O–H groups in total. The zero-order chi connectivity index (χ0) is 24.8. The molecule has 0 aliphatic carbocycles. The summed E-state index contributed by atoms with van der Waals surface area (Å²) in [6, 6.07) is 5.43. The Balaban J connectivity index is 1.55. The fraction of sp³-hybridized carbons (Fsp3) is 0.300. The van der Waals surface area contributed by atoms with E-state index >= 15 is 0 Å². The van der Waals surface area contributed by atoms with Crippen LogP contribution in [0.25, 0.3) is 10.4 Å². The topological polar surface area (TPSA) is 183 Å². The molecule has 0 unspecified atom stereocenters. The van der Waals surface area contributed by atoms with Crippen molar-refractivity contribution < 1.29 is 22.9 Å². The van der Waals surface area contributed by atoms with Crippen molar-refractivity contribution in [2.45, 2.75) is 31.7 Å². The second-order valence-corrected chi connectivity index (χ2v) is 8.94. The van der Waals surface area contributed by atoms with Crippen molar-refractivity contribution in [1.29, 1.82) is 0 Å². The van der Waals surface area contributed by atoms with E-state index < -0.39 is 37.4 Å². The average Bonchev–Trinajstić information content (AvgIpc) is 3.24. The average molecular weight is 501 g/mol. The molecule has 3 aromatic rings. The number of hydrogen-bond acceptors (Lipinski definition) is 10. The summed E-state index contributed by atoms with van der Waals surface area (Å²) < 4.78 is 37.1. The van der Waals surface area contributed by atoms with Crippen LogP contribution in [0.2, 0.25) is 0 Å². The van der Waals surface area contributed by atoms with Gasteiger partial charge in [0.1, 0.15) is 6.23 Å². The zero-order valence-electron chi connectivity index (χ0n) is 18.3. The summed E-state index contributed by atoms with van der Waals surface area (Å²) in [7, 11) is -4.29. The fourth-order valence-corrected chi connectivity index (χ4v) is 4.52. The van der Waals surface area contributed by atoms with E-state index in [0.29, 0.717) is 5.56 Å². The smallest absolute Gasteiger partial charge is 0.393 e. The lowest BCUT2D eigenvalue weighted by atomic mass is 10.1. The largest absolute Gasteiger partial charge is 0.587 e. The molecule has 1 aliphatic heterocycles. The molecule has 0 radical (unpaired) electrons. The van der Waals surface area contributed by atoms with E-state index in [0.717, 1.165) is 0 Å². The van der Waals surface area contributed by atoms with Crippen LogP contribution in [0.15, 0.2) is 70.0 Å². The molecular formula is C20H20N7O7P. The third-order valence-corrected chi connectivity index (χ3v) is 6.29. The van der Waals surface area contributed by atoms with Gasteiger partial charge in [0, 0.05) is 35.5 Å². The summed E-state index contributed by atoms with van der Waals surface area (Å²) in [5.41, 5.74) is 8.08. The number of azide groups is 1. The second-order valence-electron chi connectivity index (χ2n) is 7.42. The van der Waals surface area contributed by atoms with Crippen molar-refractivity contribution in [1.82, 2.24) is 19.5 Å². The molecule has 0 aromatic carbocycles. The van der Waals surface area contributed by atoms with E-state index in [-0.39, 0.29) is 24.5 Å². The lowest BCUT2D eigenvalue weighted by Gasteiger charge is -2.21. The molecule has 1 saturated heterocycles. The Labute approximate surface area is 197 Å². The summed E-state index contributed by atoms with van der Waals surface area (Å²) in [5.74, 6) is 0.263. The normalized spacial score (nSPS) is 19.6. The molecule has 182 valence electrons. The number of aryl methyl sites for hydroxylation is 1. The number of aromatic nitrogens is 4. The number of phosphoric acid groups is 1. The van der Waals surface area contributed by atoms with E-state index in [1.807, 2.05) is 0 Å². The standard InChI is InChI=1S/C20H20N7O7P/c1-13-11-27(20(29)24-19(13)28)18-8-16(25-26-21)17(32-18)12-31-35(30,33-14-4-2-6-22-9-14)34-15-5-3-7-23-10-15/h2-7,9-11,16-18H,8,12H2,1H3,(H,24,28,29)/t16-,17+,18+/m0/s1. The van der Waals surface area contributed by atoms with Crippen LogP contribution in [0.4, 0.5) is 0 Å². The van der Waals surface area contributed by atoms with Crippen molar-refractivity contribution in [3.8, 4) is 11.5 Å². The summed E-state index contributed by atoms with van der Waals surface area (Å²) in [4.78, 5) is 36.8. The van der Waals surface area contributed by atoms with Gasteiger partial charge in [0.05, 0.1) is 31.1 Å². The number of rotatable bonds is 9. The van der Waals surface area contributed by atoms with Crippen molar-refractivity contribution in [3.05, 3.63) is 92.1 Å². The minimum Gasteiger partial charge on any atom is -0.393 e. The van der Waals surface area contributed by atoms with Crippen molar-refractivity contribution >= 4 is 7.82 Å². The van der Waals surface area contributed by atoms with Crippen LogP contribution in [0.3, 0.4) is 0 Å². The lowest BCUT2D eigenvalue weighted by molar-refractivity contribution is -0.0260. The molecule has 1 fully saturated rings. The number of H-pyrrole nitrogens is 1. The van der Waals surface area contributed by atoms with Crippen molar-refractivity contribution in [2.75, 3.05) is 6.61 Å². The third kappa shape index (κ3) is 5.94. The first-order valence-electron chi connectivity index (χ1n) is 10.3. The monoisotopic (exact) mass is 501 g/mol. The minimum atomic E-state index is -4.29. The second kappa shape index (κ2) is 10.5. The van der Waals surface area contributed by atoms with Gasteiger partial charge < -0.3 is 13.8 Å². The molecule has 4 heterocycles. The molecule has 0 spiro atoms. The van der Waals surface area contributed by atoms with Gasteiger partial charge in [0.25, 0.3) is 5.56 Å². The van der Waals surface area contributed by atoms with Gasteiger partial charge >= 0.3 is 13.5 Å².